The predicted molar refractivity (Wildman–Crippen MR) is 54.7 cm³/mol. The van der Waals surface area contributed by atoms with E-state index in [0.29, 0.717) is 6.42 Å². The lowest BCUT2D eigenvalue weighted by molar-refractivity contribution is -0.162. The van der Waals surface area contributed by atoms with Crippen molar-refractivity contribution in [2.75, 3.05) is 19.6 Å². The van der Waals surface area contributed by atoms with Gasteiger partial charge in [-0.15, -0.1) is 0 Å². The van der Waals surface area contributed by atoms with E-state index in [9.17, 15) is 9.90 Å². The lowest BCUT2D eigenvalue weighted by Crippen LogP contribution is -2.28. The quantitative estimate of drug-likeness (QED) is 0.375. The molecule has 0 saturated carbocycles. The van der Waals surface area contributed by atoms with Crippen LogP contribution in [0.15, 0.2) is 12.7 Å². The van der Waals surface area contributed by atoms with Gasteiger partial charge in [0, 0.05) is 19.0 Å². The molecule has 0 aromatic carbocycles. The van der Waals surface area contributed by atoms with Gasteiger partial charge in [-0.2, -0.15) is 0 Å². The van der Waals surface area contributed by atoms with Gasteiger partial charge in [0.1, 0.15) is 0 Å². The third-order valence-electron chi connectivity index (χ3n) is 2.01. The summed E-state index contributed by atoms with van der Waals surface area (Å²) in [6.45, 7) is 9.92. The van der Waals surface area contributed by atoms with Crippen LogP contribution >= 0.6 is 0 Å². The number of nitrogens with zero attached hydrogens (tertiary/aromatic N) is 1. The Morgan fingerprint density at radius 2 is 2.14 bits per heavy atom. The van der Waals surface area contributed by atoms with Gasteiger partial charge in [0.05, 0.1) is 0 Å². The van der Waals surface area contributed by atoms with Gasteiger partial charge in [0.2, 0.25) is 6.29 Å². The van der Waals surface area contributed by atoms with E-state index in [1.165, 1.54) is 0 Å². The molecule has 0 aromatic heterocycles. The molecule has 0 aliphatic rings. The first-order valence-corrected chi connectivity index (χ1v) is 4.87. The minimum absolute atomic E-state index is 0.432. The van der Waals surface area contributed by atoms with E-state index in [1.807, 2.05) is 13.8 Å². The standard InChI is InChI=1S/C10H19NO3/c1-4-9(12)14-10(13)7-8-11(5-2)6-3/h4,10,13H,1,5-8H2,2-3H3. The Hall–Kier alpha value is -0.870. The fraction of sp³-hybridized carbons (Fsp3) is 0.700. The van der Waals surface area contributed by atoms with E-state index in [-0.39, 0.29) is 0 Å². The SMILES string of the molecule is C=CC(=O)OC(O)CCN(CC)CC. The molecule has 0 heterocycles. The zero-order valence-electron chi connectivity index (χ0n) is 8.90. The number of esters is 1. The molecule has 4 heteroatoms. The van der Waals surface area contributed by atoms with E-state index in [1.54, 1.807) is 0 Å². The first-order valence-electron chi connectivity index (χ1n) is 4.87. The fourth-order valence-electron chi connectivity index (χ4n) is 1.07. The molecule has 0 bridgehead atoms. The van der Waals surface area contributed by atoms with Crippen molar-refractivity contribution in [2.24, 2.45) is 0 Å². The highest BCUT2D eigenvalue weighted by molar-refractivity contribution is 5.81. The van der Waals surface area contributed by atoms with E-state index in [0.717, 1.165) is 25.7 Å². The molecule has 1 N–H and O–H groups in total. The van der Waals surface area contributed by atoms with Gasteiger partial charge in [-0.3, -0.25) is 0 Å². The summed E-state index contributed by atoms with van der Waals surface area (Å²) in [6.07, 6.45) is 0.447. The van der Waals surface area contributed by atoms with E-state index >= 15 is 0 Å². The van der Waals surface area contributed by atoms with Crippen molar-refractivity contribution in [3.63, 3.8) is 0 Å². The van der Waals surface area contributed by atoms with Gasteiger partial charge in [0.15, 0.2) is 0 Å². The summed E-state index contributed by atoms with van der Waals surface area (Å²) in [6, 6.07) is 0. The molecule has 0 spiro atoms. The molecule has 0 amide bonds. The maximum Gasteiger partial charge on any atom is 0.332 e. The van der Waals surface area contributed by atoms with Crippen molar-refractivity contribution in [1.82, 2.24) is 4.90 Å². The molecule has 14 heavy (non-hydrogen) atoms. The van der Waals surface area contributed by atoms with Crippen LogP contribution in [0.5, 0.6) is 0 Å². The maximum absolute atomic E-state index is 10.7. The Bertz CT molecular complexity index is 178. The average molecular weight is 201 g/mol. The summed E-state index contributed by atoms with van der Waals surface area (Å²) in [5.41, 5.74) is 0. The first kappa shape index (κ1) is 13.1. The molecule has 0 rings (SSSR count). The van der Waals surface area contributed by atoms with Crippen LogP contribution in [0.2, 0.25) is 0 Å². The van der Waals surface area contributed by atoms with Crippen molar-refractivity contribution in [3.8, 4) is 0 Å². The number of hydrogen-bond donors (Lipinski definition) is 1. The van der Waals surface area contributed by atoms with Crippen LogP contribution in [-0.2, 0) is 9.53 Å². The Morgan fingerprint density at radius 3 is 2.57 bits per heavy atom. The summed E-state index contributed by atoms with van der Waals surface area (Å²) >= 11 is 0. The summed E-state index contributed by atoms with van der Waals surface area (Å²) in [7, 11) is 0. The molecule has 1 atom stereocenters. The minimum atomic E-state index is -1.03. The molecule has 1 unspecified atom stereocenters. The lowest BCUT2D eigenvalue weighted by atomic mass is 10.3. The van der Waals surface area contributed by atoms with Crippen LogP contribution in [0.3, 0.4) is 0 Å². The number of aliphatic hydroxyl groups is 1. The van der Waals surface area contributed by atoms with Crippen molar-refractivity contribution >= 4 is 5.97 Å². The second-order valence-electron chi connectivity index (χ2n) is 2.91. The van der Waals surface area contributed by atoms with Crippen LogP contribution in [0.25, 0.3) is 0 Å². The largest absolute Gasteiger partial charge is 0.433 e. The van der Waals surface area contributed by atoms with Crippen molar-refractivity contribution in [2.45, 2.75) is 26.6 Å². The highest BCUT2D eigenvalue weighted by Crippen LogP contribution is 1.98. The van der Waals surface area contributed by atoms with Crippen LogP contribution in [0.4, 0.5) is 0 Å². The predicted octanol–water partition coefficient (Wildman–Crippen LogP) is 0.766. The smallest absolute Gasteiger partial charge is 0.332 e. The second kappa shape index (κ2) is 7.53. The summed E-state index contributed by atoms with van der Waals surface area (Å²) in [5.74, 6) is -0.586. The van der Waals surface area contributed by atoms with Crippen molar-refractivity contribution < 1.29 is 14.6 Å². The topological polar surface area (TPSA) is 49.8 Å². The van der Waals surface area contributed by atoms with Crippen LogP contribution in [0.1, 0.15) is 20.3 Å². The maximum atomic E-state index is 10.7. The number of carbonyl (C=O) groups excluding carboxylic acids is 1. The lowest BCUT2D eigenvalue weighted by Gasteiger charge is -2.19. The third kappa shape index (κ3) is 5.72. The van der Waals surface area contributed by atoms with Crippen LogP contribution < -0.4 is 0 Å². The van der Waals surface area contributed by atoms with E-state index in [2.05, 4.69) is 16.2 Å². The first-order chi connectivity index (χ1) is 6.63. The van der Waals surface area contributed by atoms with Gasteiger partial charge < -0.3 is 14.7 Å². The molecule has 0 aliphatic heterocycles. The van der Waals surface area contributed by atoms with Gasteiger partial charge in [-0.05, 0) is 13.1 Å². The second-order valence-corrected chi connectivity index (χ2v) is 2.91. The molecule has 0 saturated heterocycles. The highest BCUT2D eigenvalue weighted by atomic mass is 16.6. The Balaban J connectivity index is 3.66. The molecule has 0 aromatic rings. The number of hydrogen-bond acceptors (Lipinski definition) is 4. The van der Waals surface area contributed by atoms with Crippen LogP contribution in [-0.4, -0.2) is 41.9 Å². The van der Waals surface area contributed by atoms with Gasteiger partial charge >= 0.3 is 5.97 Å². The Morgan fingerprint density at radius 1 is 1.57 bits per heavy atom. The van der Waals surface area contributed by atoms with Crippen LogP contribution in [0, 0.1) is 0 Å². The normalized spacial score (nSPS) is 12.6. The zero-order valence-corrected chi connectivity index (χ0v) is 8.90. The zero-order chi connectivity index (χ0) is 11.0. The van der Waals surface area contributed by atoms with E-state index < -0.39 is 12.3 Å². The molecular weight excluding hydrogens is 182 g/mol. The third-order valence-corrected chi connectivity index (χ3v) is 2.01. The number of rotatable bonds is 7. The monoisotopic (exact) mass is 201 g/mol. The number of ether oxygens (including phenoxy) is 1. The highest BCUT2D eigenvalue weighted by Gasteiger charge is 2.09. The minimum Gasteiger partial charge on any atom is -0.433 e. The summed E-state index contributed by atoms with van der Waals surface area (Å²) < 4.78 is 4.61. The molecule has 0 aliphatic carbocycles. The summed E-state index contributed by atoms with van der Waals surface area (Å²) in [4.78, 5) is 12.8. The van der Waals surface area contributed by atoms with E-state index in [4.69, 9.17) is 0 Å². The van der Waals surface area contributed by atoms with Gasteiger partial charge in [-0.25, -0.2) is 4.79 Å². The summed E-state index contributed by atoms with van der Waals surface area (Å²) in [5, 5.41) is 9.27. The molecule has 0 radical (unpaired) electrons. The molecular formula is C10H19NO3. The number of aliphatic hydroxyl groups excluding tert-OH is 1. The average Bonchev–Trinajstić information content (AvgIpc) is 2.19. The molecule has 82 valence electrons. The van der Waals surface area contributed by atoms with Gasteiger partial charge in [0.25, 0.3) is 0 Å². The molecule has 0 fully saturated rings. The molecule has 4 nitrogen and oxygen atoms in total. The van der Waals surface area contributed by atoms with Gasteiger partial charge in [-0.1, -0.05) is 20.4 Å². The van der Waals surface area contributed by atoms with Crippen molar-refractivity contribution in [1.29, 1.82) is 0 Å². The Kier molecular flexibility index (Phi) is 7.06. The van der Waals surface area contributed by atoms with Crippen molar-refractivity contribution in [3.05, 3.63) is 12.7 Å². The fourth-order valence-corrected chi connectivity index (χ4v) is 1.07. The Labute approximate surface area is 85.2 Å². The number of carbonyl (C=O) groups is 1.